The van der Waals surface area contributed by atoms with Crippen LogP contribution in [0.2, 0.25) is 0 Å². The molecule has 20 heavy (non-hydrogen) atoms. The summed E-state index contributed by atoms with van der Waals surface area (Å²) >= 11 is 0. The number of anilines is 1. The number of benzene rings is 1. The van der Waals surface area contributed by atoms with Crippen molar-refractivity contribution in [3.05, 3.63) is 28.1 Å². The van der Waals surface area contributed by atoms with E-state index in [4.69, 9.17) is 5.84 Å². The van der Waals surface area contributed by atoms with E-state index in [2.05, 4.69) is 0 Å². The van der Waals surface area contributed by atoms with Gasteiger partial charge in [0.1, 0.15) is 4.90 Å². The smallest absolute Gasteiger partial charge is 0.274 e. The Hall–Kier alpha value is -1.78. The number of rotatable bonds is 5. The normalized spacial score (nSPS) is 15.4. The van der Waals surface area contributed by atoms with Gasteiger partial charge in [0, 0.05) is 19.2 Å². The van der Waals surface area contributed by atoms with E-state index in [1.165, 1.54) is 7.05 Å². The minimum Gasteiger partial charge on any atom is -0.323 e. The van der Waals surface area contributed by atoms with Gasteiger partial charge in [0.2, 0.25) is 10.0 Å². The fourth-order valence-electron chi connectivity index (χ4n) is 1.83. The van der Waals surface area contributed by atoms with E-state index in [1.54, 1.807) is 0 Å². The van der Waals surface area contributed by atoms with Gasteiger partial charge in [-0.3, -0.25) is 16.0 Å². The molecular weight excluding hydrogens is 291 g/mol. The van der Waals surface area contributed by atoms with Crippen molar-refractivity contribution in [1.29, 1.82) is 0 Å². The lowest BCUT2D eigenvalue weighted by atomic mass is 10.3. The molecule has 2 rings (SSSR count). The number of nitrogen functional groups attached to an aromatic ring is 1. The topological polar surface area (TPSA) is 119 Å². The lowest BCUT2D eigenvalue weighted by molar-refractivity contribution is -0.385. The van der Waals surface area contributed by atoms with Crippen molar-refractivity contribution in [3.8, 4) is 0 Å². The van der Waals surface area contributed by atoms with Crippen LogP contribution >= 0.6 is 0 Å². The highest BCUT2D eigenvalue weighted by atomic mass is 32.2. The van der Waals surface area contributed by atoms with Crippen molar-refractivity contribution in [2.45, 2.75) is 23.8 Å². The molecule has 1 fully saturated rings. The van der Waals surface area contributed by atoms with Crippen LogP contribution in [0.5, 0.6) is 0 Å². The largest absolute Gasteiger partial charge is 0.323 e. The molecule has 1 aromatic carbocycles. The van der Waals surface area contributed by atoms with Gasteiger partial charge in [-0.2, -0.15) is 4.31 Å². The highest BCUT2D eigenvalue weighted by Gasteiger charge is 2.38. The van der Waals surface area contributed by atoms with Gasteiger partial charge in [0.25, 0.3) is 5.69 Å². The van der Waals surface area contributed by atoms with Crippen LogP contribution in [0, 0.1) is 15.9 Å². The summed E-state index contributed by atoms with van der Waals surface area (Å²) < 4.78 is 39.7. The van der Waals surface area contributed by atoms with Crippen LogP contribution in [-0.4, -0.2) is 30.7 Å². The molecule has 0 aromatic heterocycles. The average Bonchev–Trinajstić information content (AvgIpc) is 3.20. The zero-order chi connectivity index (χ0) is 15.1. The van der Waals surface area contributed by atoms with Gasteiger partial charge in [0.15, 0.2) is 5.82 Å². The molecule has 8 nitrogen and oxygen atoms in total. The van der Waals surface area contributed by atoms with Crippen molar-refractivity contribution in [1.82, 2.24) is 4.31 Å². The first-order valence-corrected chi connectivity index (χ1v) is 7.15. The Morgan fingerprint density at radius 1 is 1.50 bits per heavy atom. The standard InChI is InChI=1S/C10H13FN4O4S/c1-14(6-2-3-6)20(18,19)10-8(11)4-7(15(16)17)5-9(10)13-12/h4-6,13H,2-3,12H2,1H3. The van der Waals surface area contributed by atoms with E-state index >= 15 is 0 Å². The van der Waals surface area contributed by atoms with E-state index in [-0.39, 0.29) is 11.7 Å². The molecule has 0 atom stereocenters. The number of hydrogen-bond acceptors (Lipinski definition) is 6. The predicted octanol–water partition coefficient (Wildman–Crippen LogP) is 0.802. The van der Waals surface area contributed by atoms with Crippen molar-refractivity contribution in [3.63, 3.8) is 0 Å². The number of nitro groups is 1. The molecule has 1 aliphatic carbocycles. The maximum atomic E-state index is 14.0. The summed E-state index contributed by atoms with van der Waals surface area (Å²) in [5.74, 6) is 3.95. The first-order chi connectivity index (χ1) is 9.28. The second-order valence-corrected chi connectivity index (χ2v) is 6.39. The quantitative estimate of drug-likeness (QED) is 0.472. The summed E-state index contributed by atoms with van der Waals surface area (Å²) in [6.07, 6.45) is 1.41. The van der Waals surface area contributed by atoms with Crippen LogP contribution in [0.15, 0.2) is 17.0 Å². The predicted molar refractivity (Wildman–Crippen MR) is 68.8 cm³/mol. The molecule has 3 N–H and O–H groups in total. The van der Waals surface area contributed by atoms with Crippen LogP contribution < -0.4 is 11.3 Å². The van der Waals surface area contributed by atoms with Gasteiger partial charge >= 0.3 is 0 Å². The van der Waals surface area contributed by atoms with Crippen LogP contribution in [0.25, 0.3) is 0 Å². The second kappa shape index (κ2) is 4.96. The number of halogens is 1. The Morgan fingerprint density at radius 2 is 2.10 bits per heavy atom. The van der Waals surface area contributed by atoms with Crippen LogP contribution in [-0.2, 0) is 10.0 Å². The lowest BCUT2D eigenvalue weighted by Gasteiger charge is -2.18. The van der Waals surface area contributed by atoms with Gasteiger partial charge in [-0.05, 0) is 12.8 Å². The van der Waals surface area contributed by atoms with Gasteiger partial charge in [-0.15, -0.1) is 0 Å². The van der Waals surface area contributed by atoms with Crippen LogP contribution in [0.3, 0.4) is 0 Å². The number of nitrogens with one attached hydrogen (secondary N) is 1. The Kier molecular flexibility index (Phi) is 3.63. The maximum Gasteiger partial charge on any atom is 0.274 e. The molecule has 0 radical (unpaired) electrons. The molecule has 110 valence electrons. The number of nitrogens with zero attached hydrogens (tertiary/aromatic N) is 2. The fourth-order valence-corrected chi connectivity index (χ4v) is 3.42. The van der Waals surface area contributed by atoms with Crippen LogP contribution in [0.1, 0.15) is 12.8 Å². The van der Waals surface area contributed by atoms with Gasteiger partial charge in [-0.1, -0.05) is 0 Å². The highest BCUT2D eigenvalue weighted by Crippen LogP contribution is 2.35. The van der Waals surface area contributed by atoms with Crippen molar-refractivity contribution in [2.75, 3.05) is 12.5 Å². The summed E-state index contributed by atoms with van der Waals surface area (Å²) in [7, 11) is -2.76. The molecule has 0 bridgehead atoms. The van der Waals surface area contributed by atoms with Crippen molar-refractivity contribution < 1.29 is 17.7 Å². The third-order valence-electron chi connectivity index (χ3n) is 3.09. The third kappa shape index (κ3) is 2.44. The molecule has 0 amide bonds. The summed E-state index contributed by atoms with van der Waals surface area (Å²) in [5, 5.41) is 10.6. The van der Waals surface area contributed by atoms with Crippen LogP contribution in [0.4, 0.5) is 15.8 Å². The average molecular weight is 304 g/mol. The minimum absolute atomic E-state index is 0.166. The number of hydrogen-bond donors (Lipinski definition) is 2. The molecule has 1 aromatic rings. The Balaban J connectivity index is 2.58. The van der Waals surface area contributed by atoms with E-state index in [0.717, 1.165) is 10.4 Å². The van der Waals surface area contributed by atoms with E-state index < -0.39 is 31.3 Å². The minimum atomic E-state index is -4.10. The molecular formula is C10H13FN4O4S. The lowest BCUT2D eigenvalue weighted by Crippen LogP contribution is -2.30. The summed E-state index contributed by atoms with van der Waals surface area (Å²) in [6, 6.07) is 1.28. The first kappa shape index (κ1) is 14.6. The summed E-state index contributed by atoms with van der Waals surface area (Å²) in [5.41, 5.74) is 1.08. The molecule has 0 unspecified atom stereocenters. The van der Waals surface area contributed by atoms with Gasteiger partial charge in [0.05, 0.1) is 16.7 Å². The first-order valence-electron chi connectivity index (χ1n) is 5.71. The fraction of sp³-hybridized carbons (Fsp3) is 0.400. The van der Waals surface area contributed by atoms with Gasteiger partial charge in [-0.25, -0.2) is 12.8 Å². The maximum absolute atomic E-state index is 14.0. The Bertz CT molecular complexity index is 659. The van der Waals surface area contributed by atoms with E-state index in [9.17, 15) is 22.9 Å². The zero-order valence-electron chi connectivity index (χ0n) is 10.5. The molecule has 1 aliphatic rings. The molecule has 0 saturated heterocycles. The summed E-state index contributed by atoms with van der Waals surface area (Å²) in [4.78, 5) is 9.14. The summed E-state index contributed by atoms with van der Waals surface area (Å²) in [6.45, 7) is 0. The third-order valence-corrected chi connectivity index (χ3v) is 5.08. The second-order valence-electron chi connectivity index (χ2n) is 4.46. The monoisotopic (exact) mass is 304 g/mol. The van der Waals surface area contributed by atoms with Crippen molar-refractivity contribution in [2.24, 2.45) is 5.84 Å². The SMILES string of the molecule is CN(C1CC1)S(=O)(=O)c1c(F)cc([N+](=O)[O-])cc1NN. The van der Waals surface area contributed by atoms with Gasteiger partial charge < -0.3 is 5.43 Å². The Labute approximate surface area is 114 Å². The number of non-ortho nitro benzene ring substituents is 1. The Morgan fingerprint density at radius 3 is 2.55 bits per heavy atom. The number of nitrogens with two attached hydrogens (primary N) is 1. The molecule has 0 aliphatic heterocycles. The molecule has 10 heteroatoms. The number of sulfonamides is 1. The molecule has 1 saturated carbocycles. The zero-order valence-corrected chi connectivity index (χ0v) is 11.4. The van der Waals surface area contributed by atoms with E-state index in [0.29, 0.717) is 18.9 Å². The van der Waals surface area contributed by atoms with Crippen molar-refractivity contribution >= 4 is 21.4 Å². The van der Waals surface area contributed by atoms with E-state index in [1.807, 2.05) is 5.43 Å². The highest BCUT2D eigenvalue weighted by molar-refractivity contribution is 7.89. The molecule has 0 heterocycles. The number of nitro benzene ring substituents is 1. The molecule has 0 spiro atoms. The number of hydrazine groups is 1.